The third-order valence-corrected chi connectivity index (χ3v) is 5.08. The maximum atomic E-state index is 11.7. The highest BCUT2D eigenvalue weighted by atomic mass is 32.2. The van der Waals surface area contributed by atoms with Crippen molar-refractivity contribution in [2.45, 2.75) is 23.6 Å². The van der Waals surface area contributed by atoms with Crippen LogP contribution in [0.5, 0.6) is 0 Å². The normalized spacial score (nSPS) is 10.1. The van der Waals surface area contributed by atoms with Gasteiger partial charge in [-0.25, -0.2) is 0 Å². The van der Waals surface area contributed by atoms with Crippen molar-refractivity contribution in [3.63, 3.8) is 0 Å². The van der Waals surface area contributed by atoms with Gasteiger partial charge in [-0.1, -0.05) is 23.9 Å². The van der Waals surface area contributed by atoms with Crippen LogP contribution in [0.4, 0.5) is 5.69 Å². The van der Waals surface area contributed by atoms with Crippen molar-refractivity contribution in [2.24, 2.45) is 0 Å². The molecule has 1 N–H and O–H groups in total. The standard InChI is InChI=1S/C18H18N2OS2/c1-13-3-4-14(2)17(11-13)23-16-7-5-15(6-8-16)20-18(21)12-22-10-9-19/h3-8,11H,10,12H2,1-2H3,(H,20,21). The quantitative estimate of drug-likeness (QED) is 0.776. The highest BCUT2D eigenvalue weighted by Gasteiger charge is 2.04. The molecule has 0 aliphatic heterocycles. The second kappa shape index (κ2) is 8.66. The number of hydrogen-bond acceptors (Lipinski definition) is 4. The Kier molecular flexibility index (Phi) is 6.57. The molecule has 2 aromatic rings. The summed E-state index contributed by atoms with van der Waals surface area (Å²) in [6.45, 7) is 4.20. The van der Waals surface area contributed by atoms with E-state index < -0.39 is 0 Å². The molecule has 0 saturated heterocycles. The molecule has 0 unspecified atom stereocenters. The molecule has 0 radical (unpaired) electrons. The summed E-state index contributed by atoms with van der Waals surface area (Å²) >= 11 is 3.03. The predicted molar refractivity (Wildman–Crippen MR) is 98.0 cm³/mol. The lowest BCUT2D eigenvalue weighted by atomic mass is 10.2. The molecule has 0 atom stereocenters. The molecule has 0 bridgehead atoms. The van der Waals surface area contributed by atoms with E-state index in [1.807, 2.05) is 30.3 Å². The Labute approximate surface area is 145 Å². The summed E-state index contributed by atoms with van der Waals surface area (Å²) in [5.74, 6) is 0.547. The van der Waals surface area contributed by atoms with Crippen molar-refractivity contribution in [2.75, 3.05) is 16.8 Å². The molecule has 2 aromatic carbocycles. The van der Waals surface area contributed by atoms with Crippen LogP contribution in [0, 0.1) is 25.2 Å². The van der Waals surface area contributed by atoms with Gasteiger partial charge in [-0.2, -0.15) is 5.26 Å². The molecule has 0 saturated carbocycles. The number of nitrogens with one attached hydrogen (secondary N) is 1. The number of anilines is 1. The van der Waals surface area contributed by atoms with Gasteiger partial charge in [0.15, 0.2) is 0 Å². The third-order valence-electron chi connectivity index (χ3n) is 3.11. The van der Waals surface area contributed by atoms with Gasteiger partial charge in [-0.3, -0.25) is 4.79 Å². The minimum Gasteiger partial charge on any atom is -0.325 e. The first kappa shape index (κ1) is 17.5. The largest absolute Gasteiger partial charge is 0.325 e. The van der Waals surface area contributed by atoms with Crippen molar-refractivity contribution in [3.8, 4) is 6.07 Å². The number of aryl methyl sites for hydroxylation is 2. The molecular formula is C18H18N2OS2. The molecule has 3 nitrogen and oxygen atoms in total. The summed E-state index contributed by atoms with van der Waals surface area (Å²) in [4.78, 5) is 14.1. The van der Waals surface area contributed by atoms with E-state index in [1.54, 1.807) is 11.8 Å². The van der Waals surface area contributed by atoms with Crippen molar-refractivity contribution >= 4 is 35.1 Å². The van der Waals surface area contributed by atoms with Gasteiger partial charge in [-0.15, -0.1) is 11.8 Å². The van der Waals surface area contributed by atoms with Gasteiger partial charge in [-0.05, 0) is 55.3 Å². The number of benzene rings is 2. The topological polar surface area (TPSA) is 52.9 Å². The highest BCUT2D eigenvalue weighted by Crippen LogP contribution is 2.31. The second-order valence-corrected chi connectivity index (χ2v) is 7.20. The molecule has 0 spiro atoms. The van der Waals surface area contributed by atoms with Crippen LogP contribution >= 0.6 is 23.5 Å². The van der Waals surface area contributed by atoms with Crippen LogP contribution in [0.2, 0.25) is 0 Å². The molecule has 118 valence electrons. The molecule has 0 aromatic heterocycles. The number of nitriles is 1. The number of carbonyl (C=O) groups excluding carboxylic acids is 1. The Hall–Kier alpha value is -1.90. The summed E-state index contributed by atoms with van der Waals surface area (Å²) in [7, 11) is 0. The first-order valence-electron chi connectivity index (χ1n) is 7.18. The van der Waals surface area contributed by atoms with Gasteiger partial charge in [0.05, 0.1) is 17.6 Å². The van der Waals surface area contributed by atoms with E-state index in [-0.39, 0.29) is 5.91 Å². The molecular weight excluding hydrogens is 324 g/mol. The fourth-order valence-electron chi connectivity index (χ4n) is 1.94. The van der Waals surface area contributed by atoms with Crippen molar-refractivity contribution < 1.29 is 4.79 Å². The van der Waals surface area contributed by atoms with E-state index in [1.165, 1.54) is 27.8 Å². The predicted octanol–water partition coefficient (Wildman–Crippen LogP) is 4.65. The number of nitrogens with zero attached hydrogens (tertiary/aromatic N) is 1. The molecule has 5 heteroatoms. The van der Waals surface area contributed by atoms with Crippen molar-refractivity contribution in [1.29, 1.82) is 5.26 Å². The monoisotopic (exact) mass is 342 g/mol. The first-order valence-corrected chi connectivity index (χ1v) is 9.15. The summed E-state index contributed by atoms with van der Waals surface area (Å²) in [6.07, 6.45) is 0. The number of carbonyl (C=O) groups is 1. The van der Waals surface area contributed by atoms with Gasteiger partial charge in [0.1, 0.15) is 0 Å². The molecule has 0 heterocycles. The third kappa shape index (κ3) is 5.66. The lowest BCUT2D eigenvalue weighted by Gasteiger charge is -2.08. The Morgan fingerprint density at radius 1 is 1.17 bits per heavy atom. The Morgan fingerprint density at radius 2 is 1.91 bits per heavy atom. The van der Waals surface area contributed by atoms with E-state index in [0.29, 0.717) is 11.5 Å². The van der Waals surface area contributed by atoms with Crippen LogP contribution in [-0.4, -0.2) is 17.4 Å². The van der Waals surface area contributed by atoms with Gasteiger partial charge in [0.2, 0.25) is 5.91 Å². The van der Waals surface area contributed by atoms with Gasteiger partial charge < -0.3 is 5.32 Å². The van der Waals surface area contributed by atoms with E-state index in [4.69, 9.17) is 5.26 Å². The smallest absolute Gasteiger partial charge is 0.234 e. The molecule has 23 heavy (non-hydrogen) atoms. The van der Waals surface area contributed by atoms with E-state index in [2.05, 4.69) is 37.4 Å². The molecule has 2 rings (SSSR count). The molecule has 0 fully saturated rings. The van der Waals surface area contributed by atoms with Crippen molar-refractivity contribution in [1.82, 2.24) is 0 Å². The van der Waals surface area contributed by atoms with Crippen molar-refractivity contribution in [3.05, 3.63) is 53.6 Å². The van der Waals surface area contributed by atoms with E-state index in [0.717, 1.165) is 10.6 Å². The van der Waals surface area contributed by atoms with Crippen LogP contribution < -0.4 is 5.32 Å². The average molecular weight is 342 g/mol. The van der Waals surface area contributed by atoms with Crippen LogP contribution in [0.1, 0.15) is 11.1 Å². The second-order valence-electron chi connectivity index (χ2n) is 5.09. The van der Waals surface area contributed by atoms with Crippen LogP contribution in [0.15, 0.2) is 52.3 Å². The Balaban J connectivity index is 1.95. The highest BCUT2D eigenvalue weighted by molar-refractivity contribution is 8.00. The lowest BCUT2D eigenvalue weighted by molar-refractivity contribution is -0.113. The fourth-order valence-corrected chi connectivity index (χ4v) is 3.39. The number of thioether (sulfide) groups is 1. The minimum atomic E-state index is -0.0832. The number of hydrogen-bond donors (Lipinski definition) is 1. The fraction of sp³-hybridized carbons (Fsp3) is 0.222. The SMILES string of the molecule is Cc1ccc(C)c(Sc2ccc(NC(=O)CSCC#N)cc2)c1. The summed E-state index contributed by atoms with van der Waals surface area (Å²) in [6, 6.07) is 16.2. The van der Waals surface area contributed by atoms with Crippen LogP contribution in [-0.2, 0) is 4.79 Å². The number of amides is 1. The first-order chi connectivity index (χ1) is 11.1. The summed E-state index contributed by atoms with van der Waals surface area (Å²) in [5.41, 5.74) is 3.28. The molecule has 1 amide bonds. The summed E-state index contributed by atoms with van der Waals surface area (Å²) < 4.78 is 0. The minimum absolute atomic E-state index is 0.0832. The number of rotatable bonds is 6. The van der Waals surface area contributed by atoms with E-state index >= 15 is 0 Å². The zero-order valence-corrected chi connectivity index (χ0v) is 14.8. The average Bonchev–Trinajstić information content (AvgIpc) is 2.53. The van der Waals surface area contributed by atoms with E-state index in [9.17, 15) is 4.79 Å². The Morgan fingerprint density at radius 3 is 2.61 bits per heavy atom. The zero-order chi connectivity index (χ0) is 16.7. The van der Waals surface area contributed by atoms with Crippen LogP contribution in [0.3, 0.4) is 0 Å². The van der Waals surface area contributed by atoms with Crippen LogP contribution in [0.25, 0.3) is 0 Å². The zero-order valence-electron chi connectivity index (χ0n) is 13.1. The Bertz CT molecular complexity index is 721. The lowest BCUT2D eigenvalue weighted by Crippen LogP contribution is -2.14. The maximum Gasteiger partial charge on any atom is 0.234 e. The van der Waals surface area contributed by atoms with Gasteiger partial charge in [0.25, 0.3) is 0 Å². The van der Waals surface area contributed by atoms with Gasteiger partial charge >= 0.3 is 0 Å². The molecule has 0 aliphatic rings. The molecule has 0 aliphatic carbocycles. The van der Waals surface area contributed by atoms with Gasteiger partial charge in [0, 0.05) is 15.5 Å². The summed E-state index contributed by atoms with van der Waals surface area (Å²) in [5, 5.41) is 11.3. The maximum absolute atomic E-state index is 11.7.